The third-order valence-corrected chi connectivity index (χ3v) is 4.30. The van der Waals surface area contributed by atoms with Gasteiger partial charge in [0.05, 0.1) is 5.92 Å². The van der Waals surface area contributed by atoms with Crippen molar-refractivity contribution in [1.29, 1.82) is 0 Å². The first-order valence-electron chi connectivity index (χ1n) is 5.75. The Hall–Kier alpha value is -0.250. The van der Waals surface area contributed by atoms with Crippen molar-refractivity contribution in [3.63, 3.8) is 0 Å². The number of rotatable bonds is 2. The summed E-state index contributed by atoms with van der Waals surface area (Å²) in [6.45, 7) is 0.572. The topological polar surface area (TPSA) is 26.0 Å². The largest absolute Gasteiger partial charge is 0.391 e. The lowest BCUT2D eigenvalue weighted by Gasteiger charge is -2.35. The van der Waals surface area contributed by atoms with Crippen LogP contribution in [0.5, 0.6) is 0 Å². The summed E-state index contributed by atoms with van der Waals surface area (Å²) in [4.78, 5) is 0. The highest BCUT2D eigenvalue weighted by molar-refractivity contribution is 5.01. The Morgan fingerprint density at radius 1 is 1.20 bits per heavy atom. The molecule has 0 aromatic carbocycles. The lowest BCUT2D eigenvalue weighted by molar-refractivity contribution is -0.187. The van der Waals surface area contributed by atoms with E-state index in [9.17, 15) is 13.2 Å². The van der Waals surface area contributed by atoms with E-state index < -0.39 is 12.1 Å². The molecule has 0 aromatic rings. The van der Waals surface area contributed by atoms with Crippen LogP contribution in [0.2, 0.25) is 0 Å². The van der Waals surface area contributed by atoms with Crippen molar-refractivity contribution < 1.29 is 13.2 Å². The molecule has 0 spiro atoms. The Morgan fingerprint density at radius 2 is 1.87 bits per heavy atom. The summed E-state index contributed by atoms with van der Waals surface area (Å²) in [5.41, 5.74) is 5.76. The molecule has 0 bridgehead atoms. The van der Waals surface area contributed by atoms with Gasteiger partial charge >= 0.3 is 6.18 Å². The second kappa shape index (κ2) is 3.65. The second-order valence-corrected chi connectivity index (χ2v) is 5.17. The quantitative estimate of drug-likeness (QED) is 0.761. The number of hydrogen-bond acceptors (Lipinski definition) is 1. The van der Waals surface area contributed by atoms with Crippen molar-refractivity contribution in [2.45, 2.75) is 44.7 Å². The van der Waals surface area contributed by atoms with Gasteiger partial charge < -0.3 is 5.73 Å². The fourth-order valence-electron chi connectivity index (χ4n) is 2.98. The molecule has 0 amide bonds. The molecule has 2 fully saturated rings. The Bertz CT molecular complexity index is 232. The van der Waals surface area contributed by atoms with Gasteiger partial charge in [0.2, 0.25) is 0 Å². The predicted molar refractivity (Wildman–Crippen MR) is 52.2 cm³/mol. The Kier molecular flexibility index (Phi) is 2.73. The molecule has 2 rings (SSSR count). The maximum absolute atomic E-state index is 12.6. The van der Waals surface area contributed by atoms with Gasteiger partial charge in [0.25, 0.3) is 0 Å². The van der Waals surface area contributed by atoms with E-state index in [0.717, 1.165) is 25.7 Å². The zero-order valence-electron chi connectivity index (χ0n) is 8.82. The number of hydrogen-bond donors (Lipinski definition) is 1. The lowest BCUT2D eigenvalue weighted by Crippen LogP contribution is -2.34. The minimum absolute atomic E-state index is 0.0872. The first-order valence-corrected chi connectivity index (χ1v) is 5.75. The minimum Gasteiger partial charge on any atom is -0.330 e. The second-order valence-electron chi connectivity index (χ2n) is 5.17. The van der Waals surface area contributed by atoms with Gasteiger partial charge in [0.1, 0.15) is 0 Å². The number of alkyl halides is 3. The maximum Gasteiger partial charge on any atom is 0.391 e. The monoisotopic (exact) mass is 221 g/mol. The lowest BCUT2D eigenvalue weighted by atomic mass is 9.73. The third-order valence-electron chi connectivity index (χ3n) is 4.30. The molecule has 0 heterocycles. The summed E-state index contributed by atoms with van der Waals surface area (Å²) in [6.07, 6.45) is 0.391. The summed E-state index contributed by atoms with van der Waals surface area (Å²) in [5.74, 6) is -0.844. The van der Waals surface area contributed by atoms with Crippen molar-refractivity contribution in [2.24, 2.45) is 23.0 Å². The van der Waals surface area contributed by atoms with Crippen molar-refractivity contribution >= 4 is 0 Å². The zero-order valence-corrected chi connectivity index (χ0v) is 8.82. The molecule has 0 radical (unpaired) electrons. The zero-order chi connectivity index (χ0) is 11.1. The van der Waals surface area contributed by atoms with E-state index in [1.807, 2.05) is 0 Å². The highest BCUT2D eigenvalue weighted by atomic mass is 19.4. The van der Waals surface area contributed by atoms with E-state index in [1.165, 1.54) is 0 Å². The molecule has 2 unspecified atom stereocenters. The van der Waals surface area contributed by atoms with E-state index in [4.69, 9.17) is 5.73 Å². The van der Waals surface area contributed by atoms with Gasteiger partial charge in [-0.3, -0.25) is 0 Å². The van der Waals surface area contributed by atoms with Crippen LogP contribution in [0.1, 0.15) is 38.5 Å². The van der Waals surface area contributed by atoms with Gasteiger partial charge in [0.15, 0.2) is 0 Å². The van der Waals surface area contributed by atoms with Crippen LogP contribution in [-0.2, 0) is 0 Å². The van der Waals surface area contributed by atoms with E-state index in [0.29, 0.717) is 19.4 Å². The fourth-order valence-corrected chi connectivity index (χ4v) is 2.98. The van der Waals surface area contributed by atoms with E-state index in [2.05, 4.69) is 0 Å². The van der Waals surface area contributed by atoms with Crippen LogP contribution in [0.25, 0.3) is 0 Å². The summed E-state index contributed by atoms with van der Waals surface area (Å²) in [5, 5.41) is 0. The molecule has 88 valence electrons. The first kappa shape index (κ1) is 11.2. The Labute approximate surface area is 88.2 Å². The molecule has 0 aliphatic heterocycles. The molecule has 2 aliphatic rings. The summed E-state index contributed by atoms with van der Waals surface area (Å²) >= 11 is 0. The van der Waals surface area contributed by atoms with Gasteiger partial charge in [-0.2, -0.15) is 13.2 Å². The smallest absolute Gasteiger partial charge is 0.330 e. The van der Waals surface area contributed by atoms with Gasteiger partial charge in [-0.05, 0) is 50.0 Å². The van der Waals surface area contributed by atoms with Gasteiger partial charge in [-0.15, -0.1) is 0 Å². The van der Waals surface area contributed by atoms with Crippen LogP contribution in [-0.4, -0.2) is 12.7 Å². The van der Waals surface area contributed by atoms with Crippen molar-refractivity contribution in [2.75, 3.05) is 6.54 Å². The molecular weight excluding hydrogens is 203 g/mol. The molecule has 2 aliphatic carbocycles. The van der Waals surface area contributed by atoms with Gasteiger partial charge in [-0.1, -0.05) is 6.42 Å². The molecule has 1 nitrogen and oxygen atoms in total. The molecule has 0 saturated heterocycles. The highest BCUT2D eigenvalue weighted by Gasteiger charge is 2.52. The van der Waals surface area contributed by atoms with Crippen LogP contribution in [0, 0.1) is 17.3 Å². The average Bonchev–Trinajstić information content (AvgIpc) is 2.97. The SMILES string of the molecule is NCC1(C2CCCC(C(F)(F)F)C2)CC1. The Morgan fingerprint density at radius 3 is 2.33 bits per heavy atom. The summed E-state index contributed by atoms with van der Waals surface area (Å²) in [6, 6.07) is 0. The number of halogens is 3. The molecule has 15 heavy (non-hydrogen) atoms. The van der Waals surface area contributed by atoms with Crippen LogP contribution < -0.4 is 5.73 Å². The van der Waals surface area contributed by atoms with Crippen molar-refractivity contribution in [3.8, 4) is 0 Å². The van der Waals surface area contributed by atoms with Crippen molar-refractivity contribution in [3.05, 3.63) is 0 Å². The molecule has 2 atom stereocenters. The van der Waals surface area contributed by atoms with Gasteiger partial charge in [0, 0.05) is 0 Å². The molecule has 4 heteroatoms. The average molecular weight is 221 g/mol. The standard InChI is InChI=1S/C11H18F3N/c12-11(13,14)9-3-1-2-8(6-9)10(7-15)4-5-10/h8-9H,1-7,15H2. The summed E-state index contributed by atoms with van der Waals surface area (Å²) in [7, 11) is 0. The summed E-state index contributed by atoms with van der Waals surface area (Å²) < 4.78 is 37.8. The molecule has 0 aromatic heterocycles. The van der Waals surface area contributed by atoms with Crippen LogP contribution in [0.15, 0.2) is 0 Å². The molecule has 2 saturated carbocycles. The van der Waals surface area contributed by atoms with Crippen molar-refractivity contribution in [1.82, 2.24) is 0 Å². The molecule has 2 N–H and O–H groups in total. The van der Waals surface area contributed by atoms with E-state index in [1.54, 1.807) is 0 Å². The minimum atomic E-state index is -4.00. The molecular formula is C11H18F3N. The highest BCUT2D eigenvalue weighted by Crippen LogP contribution is 2.57. The first-order chi connectivity index (χ1) is 6.98. The van der Waals surface area contributed by atoms with Crippen LogP contribution in [0.4, 0.5) is 13.2 Å². The number of nitrogens with two attached hydrogens (primary N) is 1. The van der Waals surface area contributed by atoms with E-state index >= 15 is 0 Å². The Balaban J connectivity index is 1.99. The van der Waals surface area contributed by atoms with Crippen LogP contribution >= 0.6 is 0 Å². The predicted octanol–water partition coefficient (Wildman–Crippen LogP) is 3.09. The van der Waals surface area contributed by atoms with Crippen LogP contribution in [0.3, 0.4) is 0 Å². The fraction of sp³-hybridized carbons (Fsp3) is 1.00. The normalized spacial score (nSPS) is 35.2. The van der Waals surface area contributed by atoms with Gasteiger partial charge in [-0.25, -0.2) is 0 Å². The third kappa shape index (κ3) is 2.14. The van der Waals surface area contributed by atoms with E-state index in [-0.39, 0.29) is 11.3 Å². The maximum atomic E-state index is 12.6.